The van der Waals surface area contributed by atoms with Gasteiger partial charge >= 0.3 is 99.2 Å². The van der Waals surface area contributed by atoms with Gasteiger partial charge in [0, 0.05) is 0 Å². The van der Waals surface area contributed by atoms with Crippen LogP contribution in [0.5, 0.6) is 0 Å². The van der Waals surface area contributed by atoms with E-state index in [-0.39, 0.29) is 14.9 Å². The van der Waals surface area contributed by atoms with Gasteiger partial charge in [0.15, 0.2) is 0 Å². The molecule has 0 aliphatic heterocycles. The first kappa shape index (κ1) is 29.2. The molecule has 1 aliphatic rings. The first-order valence-corrected chi connectivity index (χ1v) is 12.8. The molecule has 0 nitrogen and oxygen atoms in total. The molecule has 0 N–H and O–H groups in total. The summed E-state index contributed by atoms with van der Waals surface area (Å²) in [5.41, 5.74) is 5.51. The van der Waals surface area contributed by atoms with Gasteiger partial charge in [0.1, 0.15) is 0 Å². The number of hydrogen-bond donors (Lipinski definition) is 0. The molecule has 0 amide bonds. The minimum absolute atomic E-state index is 0. The largest absolute Gasteiger partial charge is 0.126 e. The molecule has 1 aliphatic carbocycles. The van der Waals surface area contributed by atoms with Gasteiger partial charge in [-0.2, -0.15) is 5.57 Å². The number of fused-ring (bicyclic) bond motifs is 3. The number of hydrogen-bond acceptors (Lipinski definition) is 0. The summed E-state index contributed by atoms with van der Waals surface area (Å²) in [6, 6.07) is 40.4. The topological polar surface area (TPSA) is 0 Å². The molecule has 5 aromatic rings. The van der Waals surface area contributed by atoms with Crippen LogP contribution < -0.4 is 0 Å². The van der Waals surface area contributed by atoms with E-state index in [0.717, 1.165) is 6.42 Å². The maximum Gasteiger partial charge on any atom is -0.0771 e. The number of allylic oxidation sites excluding steroid dienone is 4. The summed E-state index contributed by atoms with van der Waals surface area (Å²) >= 11 is 1.46. The molecule has 0 radical (unpaired) electrons. The Morgan fingerprint density at radius 3 is 1.42 bits per heavy atom. The molecule has 0 aromatic heterocycles. The third-order valence-electron chi connectivity index (χ3n) is 6.01. The molecule has 0 saturated heterocycles. The summed E-state index contributed by atoms with van der Waals surface area (Å²) in [5, 5.41) is 5.39. The molecule has 0 spiro atoms. The van der Waals surface area contributed by atoms with Crippen LogP contribution in [0.2, 0.25) is 0 Å². The van der Waals surface area contributed by atoms with E-state index in [1.807, 2.05) is 0 Å². The van der Waals surface area contributed by atoms with Gasteiger partial charge in [-0.05, 0) is 0 Å². The molecule has 0 bridgehead atoms. The summed E-state index contributed by atoms with van der Waals surface area (Å²) in [6.45, 7) is 4.27. The van der Waals surface area contributed by atoms with E-state index in [1.165, 1.54) is 71.3 Å². The molecule has 6 rings (SSSR count). The molecule has 0 unspecified atom stereocenters. The van der Waals surface area contributed by atoms with Crippen LogP contribution in [0.25, 0.3) is 21.5 Å². The molecule has 0 fully saturated rings. The Morgan fingerprint density at radius 2 is 1.06 bits per heavy atom. The van der Waals surface area contributed by atoms with Gasteiger partial charge in [0.2, 0.25) is 0 Å². The van der Waals surface area contributed by atoms with Crippen molar-refractivity contribution < 1.29 is 24.2 Å². The van der Waals surface area contributed by atoms with Crippen molar-refractivity contribution in [3.8, 4) is 0 Å². The second kappa shape index (κ2) is 14.5. The number of benzene rings is 4. The second-order valence-corrected chi connectivity index (χ2v) is 9.64. The summed E-state index contributed by atoms with van der Waals surface area (Å²) in [4.78, 5) is 0. The fourth-order valence-corrected chi connectivity index (χ4v) is 4.72. The maximum atomic E-state index is 3.12. The minimum Gasteiger partial charge on any atom is -0.126 e. The maximum absolute atomic E-state index is 3.12. The first-order chi connectivity index (χ1) is 16.6. The van der Waals surface area contributed by atoms with E-state index in [9.17, 15) is 0 Å². The van der Waals surface area contributed by atoms with Crippen molar-refractivity contribution in [2.24, 2.45) is 0 Å². The van der Waals surface area contributed by atoms with E-state index in [1.54, 1.807) is 0 Å². The zero-order chi connectivity index (χ0) is 23.8. The molecule has 5 aromatic carbocycles. The van der Waals surface area contributed by atoms with Gasteiger partial charge < -0.3 is 14.9 Å². The Morgan fingerprint density at radius 1 is 0.639 bits per heavy atom. The molecule has 0 heterocycles. The van der Waals surface area contributed by atoms with Gasteiger partial charge in [-0.3, -0.25) is 6.08 Å². The summed E-state index contributed by atoms with van der Waals surface area (Å²) in [7, 11) is 0. The molecular formula is C35H34Zr-4. The first-order valence-electron chi connectivity index (χ1n) is 11.6. The van der Waals surface area contributed by atoms with Crippen molar-refractivity contribution in [2.75, 3.05) is 0 Å². The summed E-state index contributed by atoms with van der Waals surface area (Å²) in [6.07, 6.45) is 6.22. The molecule has 36 heavy (non-hydrogen) atoms. The Labute approximate surface area is 232 Å². The van der Waals surface area contributed by atoms with Crippen molar-refractivity contribution in [1.29, 1.82) is 0 Å². The van der Waals surface area contributed by atoms with Gasteiger partial charge in [0.25, 0.3) is 0 Å². The van der Waals surface area contributed by atoms with Crippen molar-refractivity contribution in [3.63, 3.8) is 0 Å². The standard InChI is InChI=1S/C13H9.C13H10.C7H9.2CH3.Zr/c1-3-7-12-10(5-1)9-11-6-2-4-8-13(11)12;1-3-7-12(8-4-1)11-13-9-5-2-6-10-13;1-6-4-3-5-7(6)2;;;/h1-9H;1-10H;4H,5H2,1-2H3;2*1H3;/q-1;;3*-1;. The summed E-state index contributed by atoms with van der Waals surface area (Å²) < 4.78 is 1.42. The van der Waals surface area contributed by atoms with E-state index in [4.69, 9.17) is 0 Å². The molecule has 182 valence electrons. The van der Waals surface area contributed by atoms with E-state index in [0.29, 0.717) is 0 Å². The van der Waals surface area contributed by atoms with Crippen LogP contribution in [0.1, 0.15) is 31.4 Å². The van der Waals surface area contributed by atoms with E-state index in [2.05, 4.69) is 141 Å². The van der Waals surface area contributed by atoms with Gasteiger partial charge in [-0.1, -0.05) is 43.3 Å². The van der Waals surface area contributed by atoms with E-state index >= 15 is 0 Å². The van der Waals surface area contributed by atoms with Crippen LogP contribution in [0.3, 0.4) is 0 Å². The average Bonchev–Trinajstić information content (AvgIpc) is 3.47. The Bertz CT molecular complexity index is 1340. The summed E-state index contributed by atoms with van der Waals surface area (Å²) in [5.74, 6) is 0. The van der Waals surface area contributed by atoms with Crippen LogP contribution in [0, 0.1) is 20.9 Å². The molecule has 0 atom stereocenters. The third-order valence-corrected chi connectivity index (χ3v) is 7.43. The Hall–Kier alpha value is -3.02. The molecule has 1 heteroatoms. The number of rotatable bonds is 2. The smallest absolute Gasteiger partial charge is 0.0771 e. The van der Waals surface area contributed by atoms with Crippen LogP contribution in [-0.2, 0) is 24.2 Å². The van der Waals surface area contributed by atoms with Crippen molar-refractivity contribution in [2.45, 2.75) is 20.3 Å². The van der Waals surface area contributed by atoms with Crippen molar-refractivity contribution in [3.05, 3.63) is 165 Å². The van der Waals surface area contributed by atoms with Crippen molar-refractivity contribution >= 4 is 24.8 Å². The third kappa shape index (κ3) is 7.49. The van der Waals surface area contributed by atoms with Gasteiger partial charge in [-0.15, -0.1) is 53.1 Å². The van der Waals surface area contributed by atoms with Crippen LogP contribution >= 0.6 is 0 Å². The molecule has 0 saturated carbocycles. The Kier molecular flexibility index (Phi) is 11.8. The fraction of sp³-hybridized carbons (Fsp3) is 0.0857. The zero-order valence-corrected chi connectivity index (χ0v) is 24.2. The average molecular weight is 546 g/mol. The van der Waals surface area contributed by atoms with Crippen LogP contribution in [0.4, 0.5) is 0 Å². The normalized spacial score (nSPS) is 11.5. The predicted octanol–water partition coefficient (Wildman–Crippen LogP) is 9.50. The zero-order valence-electron chi connectivity index (χ0n) is 21.8. The quantitative estimate of drug-likeness (QED) is 0.194. The van der Waals surface area contributed by atoms with Gasteiger partial charge in [-0.25, -0.2) is 11.6 Å². The Balaban J connectivity index is 0.000000194. The second-order valence-electron chi connectivity index (χ2n) is 8.41. The molecular weight excluding hydrogens is 512 g/mol. The van der Waals surface area contributed by atoms with Crippen molar-refractivity contribution in [1.82, 2.24) is 0 Å². The van der Waals surface area contributed by atoms with Gasteiger partial charge in [0.05, 0.1) is 0 Å². The van der Waals surface area contributed by atoms with Crippen LogP contribution in [-0.4, -0.2) is 3.21 Å². The van der Waals surface area contributed by atoms with E-state index < -0.39 is 0 Å². The fourth-order valence-electron chi connectivity index (χ4n) is 3.90. The van der Waals surface area contributed by atoms with Crippen LogP contribution in [0.15, 0.2) is 132 Å². The minimum atomic E-state index is 0. The SMILES string of the molecule is CC1=C(C)C[C-]=C1.[CH3-].[CH3-].[Zr]=[C](c1ccccc1)c1ccccc1.c1ccc2c(c1)[cH-]c1ccccc12. The monoisotopic (exact) mass is 544 g/mol. The predicted molar refractivity (Wildman–Crippen MR) is 157 cm³/mol.